The van der Waals surface area contributed by atoms with Crippen LogP contribution in [0, 0.1) is 0 Å². The van der Waals surface area contributed by atoms with Gasteiger partial charge in [0.15, 0.2) is 7.28 Å². The van der Waals surface area contributed by atoms with Crippen molar-refractivity contribution >= 4 is 7.28 Å². The lowest BCUT2D eigenvalue weighted by Gasteiger charge is -2.05. The van der Waals surface area contributed by atoms with Crippen molar-refractivity contribution in [3.05, 3.63) is 59.6 Å². The molecule has 1 aliphatic rings. The average Bonchev–Trinajstić information content (AvgIpc) is 2.29. The van der Waals surface area contributed by atoms with E-state index in [0.717, 1.165) is 6.32 Å². The maximum atomic E-state index is 2.36. The predicted octanol–water partition coefficient (Wildman–Crippen LogP) is 2.86. The monoisotopic (exact) mass is 182 g/mol. The largest absolute Gasteiger partial charge is 0.161 e. The quantitative estimate of drug-likeness (QED) is 0.630. The summed E-state index contributed by atoms with van der Waals surface area (Å²) in [6.07, 6.45) is 10.5. The lowest BCUT2D eigenvalue weighted by Crippen LogP contribution is -2.01. The lowest BCUT2D eigenvalue weighted by atomic mass is 9.63. The molecule has 1 aromatic rings. The summed E-state index contributed by atoms with van der Waals surface area (Å²) in [5.41, 5.74) is 2.94. The first kappa shape index (κ1) is 9.33. The van der Waals surface area contributed by atoms with Crippen molar-refractivity contribution < 1.29 is 0 Å². The summed E-state index contributed by atoms with van der Waals surface area (Å²) in [4.78, 5) is 0. The highest BCUT2D eigenvalue weighted by molar-refractivity contribution is 6.46. The Labute approximate surface area is 86.6 Å². The van der Waals surface area contributed by atoms with E-state index in [2.05, 4.69) is 48.6 Å². The second-order valence-electron chi connectivity index (χ2n) is 3.74. The van der Waals surface area contributed by atoms with E-state index in [1.54, 1.807) is 0 Å². The molecule has 0 atom stereocenters. The molecule has 0 aromatic heterocycles. The second kappa shape index (κ2) is 4.85. The fourth-order valence-electron chi connectivity index (χ4n) is 1.79. The average molecular weight is 182 g/mol. The minimum absolute atomic E-state index is 1.16. The Morgan fingerprint density at radius 1 is 1.07 bits per heavy atom. The normalized spacial score (nSPS) is 15.0. The molecular weight excluding hydrogens is 167 g/mol. The van der Waals surface area contributed by atoms with Crippen molar-refractivity contribution in [2.24, 2.45) is 0 Å². The van der Waals surface area contributed by atoms with Gasteiger partial charge in [-0.25, -0.2) is 0 Å². The van der Waals surface area contributed by atoms with Gasteiger partial charge in [0.1, 0.15) is 0 Å². The number of allylic oxidation sites excluding steroid dienone is 4. The predicted molar refractivity (Wildman–Crippen MR) is 63.8 cm³/mol. The molecule has 70 valence electrons. The van der Waals surface area contributed by atoms with Gasteiger partial charge in [-0.15, -0.1) is 0 Å². The second-order valence-corrected chi connectivity index (χ2v) is 3.74. The first-order valence-electron chi connectivity index (χ1n) is 5.34. The summed E-state index contributed by atoms with van der Waals surface area (Å²) >= 11 is 0. The maximum Gasteiger partial charge on any atom is 0.161 e. The highest BCUT2D eigenvalue weighted by Crippen LogP contribution is 2.10. The van der Waals surface area contributed by atoms with Crippen LogP contribution >= 0.6 is 0 Å². The standard InChI is InChI=1S/C13H15B/c1-3-7-12(8-4-1)11-14-13-9-5-2-6-10-13/h1,3-5,7-10,14H,2,6,11H2. The van der Waals surface area contributed by atoms with E-state index in [-0.39, 0.29) is 0 Å². The number of benzene rings is 1. The van der Waals surface area contributed by atoms with E-state index >= 15 is 0 Å². The van der Waals surface area contributed by atoms with Gasteiger partial charge < -0.3 is 0 Å². The van der Waals surface area contributed by atoms with E-state index in [1.165, 1.54) is 31.2 Å². The Kier molecular flexibility index (Phi) is 3.23. The minimum atomic E-state index is 1.16. The van der Waals surface area contributed by atoms with Gasteiger partial charge in [0.2, 0.25) is 0 Å². The third-order valence-electron chi connectivity index (χ3n) is 2.62. The van der Waals surface area contributed by atoms with Gasteiger partial charge in [-0.05, 0) is 19.2 Å². The molecule has 0 aliphatic heterocycles. The molecule has 0 amide bonds. The Morgan fingerprint density at radius 3 is 2.64 bits per heavy atom. The van der Waals surface area contributed by atoms with Crippen molar-refractivity contribution in [3.8, 4) is 0 Å². The molecule has 0 radical (unpaired) electrons. The molecular formula is C13H15B. The molecule has 0 heterocycles. The van der Waals surface area contributed by atoms with Crippen LogP contribution in [0.5, 0.6) is 0 Å². The van der Waals surface area contributed by atoms with Crippen LogP contribution in [0.1, 0.15) is 18.4 Å². The van der Waals surface area contributed by atoms with Crippen LogP contribution in [-0.4, -0.2) is 7.28 Å². The molecule has 0 nitrogen and oxygen atoms in total. The number of hydrogen-bond acceptors (Lipinski definition) is 0. The Bertz CT molecular complexity index is 336. The zero-order valence-corrected chi connectivity index (χ0v) is 8.45. The number of hydrogen-bond donors (Lipinski definition) is 0. The molecule has 0 spiro atoms. The molecule has 0 bridgehead atoms. The van der Waals surface area contributed by atoms with Crippen LogP contribution in [0.2, 0.25) is 0 Å². The SMILES string of the molecule is B(Cc1ccccc1)C1=CCCC=C1. The highest BCUT2D eigenvalue weighted by atomic mass is 13.9. The van der Waals surface area contributed by atoms with Crippen molar-refractivity contribution in [2.75, 3.05) is 0 Å². The smallest absolute Gasteiger partial charge is 0.0902 e. The van der Waals surface area contributed by atoms with Gasteiger partial charge in [-0.3, -0.25) is 0 Å². The van der Waals surface area contributed by atoms with E-state index in [0.29, 0.717) is 0 Å². The molecule has 1 heteroatoms. The fraction of sp³-hybridized carbons (Fsp3) is 0.231. The van der Waals surface area contributed by atoms with Gasteiger partial charge in [-0.2, -0.15) is 0 Å². The van der Waals surface area contributed by atoms with Crippen LogP contribution in [0.25, 0.3) is 0 Å². The summed E-state index contributed by atoms with van der Waals surface area (Å²) in [5, 5.41) is 0. The summed E-state index contributed by atoms with van der Waals surface area (Å²) in [5.74, 6) is 0. The zero-order valence-electron chi connectivity index (χ0n) is 8.45. The molecule has 0 unspecified atom stereocenters. The summed E-state index contributed by atoms with van der Waals surface area (Å²) in [7, 11) is 1.18. The Balaban J connectivity index is 1.88. The zero-order chi connectivity index (χ0) is 9.64. The van der Waals surface area contributed by atoms with E-state index in [9.17, 15) is 0 Å². The van der Waals surface area contributed by atoms with Crippen LogP contribution in [0.4, 0.5) is 0 Å². The van der Waals surface area contributed by atoms with Gasteiger partial charge >= 0.3 is 0 Å². The molecule has 0 saturated heterocycles. The first-order chi connectivity index (χ1) is 6.95. The molecule has 0 saturated carbocycles. The van der Waals surface area contributed by atoms with E-state index in [4.69, 9.17) is 0 Å². The van der Waals surface area contributed by atoms with E-state index in [1.807, 2.05) is 0 Å². The number of rotatable bonds is 3. The molecule has 1 aromatic carbocycles. The topological polar surface area (TPSA) is 0 Å². The molecule has 0 fully saturated rings. The van der Waals surface area contributed by atoms with Crippen LogP contribution < -0.4 is 0 Å². The molecule has 14 heavy (non-hydrogen) atoms. The lowest BCUT2D eigenvalue weighted by molar-refractivity contribution is 1.03. The molecule has 1 aliphatic carbocycles. The third-order valence-corrected chi connectivity index (χ3v) is 2.62. The first-order valence-corrected chi connectivity index (χ1v) is 5.34. The summed E-state index contributed by atoms with van der Waals surface area (Å²) in [6, 6.07) is 10.7. The highest BCUT2D eigenvalue weighted by Gasteiger charge is 2.00. The summed E-state index contributed by atoms with van der Waals surface area (Å²) < 4.78 is 0. The third kappa shape index (κ3) is 2.63. The molecule has 2 rings (SSSR count). The Morgan fingerprint density at radius 2 is 1.93 bits per heavy atom. The Hall–Kier alpha value is -1.24. The van der Waals surface area contributed by atoms with Crippen molar-refractivity contribution in [1.29, 1.82) is 0 Å². The van der Waals surface area contributed by atoms with Crippen LogP contribution in [0.3, 0.4) is 0 Å². The van der Waals surface area contributed by atoms with Gasteiger partial charge in [0.25, 0.3) is 0 Å². The minimum Gasteiger partial charge on any atom is -0.0902 e. The van der Waals surface area contributed by atoms with Gasteiger partial charge in [0, 0.05) is 0 Å². The van der Waals surface area contributed by atoms with Crippen molar-refractivity contribution in [3.63, 3.8) is 0 Å². The van der Waals surface area contributed by atoms with Gasteiger partial charge in [-0.1, -0.05) is 59.6 Å². The van der Waals surface area contributed by atoms with E-state index < -0.39 is 0 Å². The molecule has 0 N–H and O–H groups in total. The van der Waals surface area contributed by atoms with Crippen molar-refractivity contribution in [1.82, 2.24) is 0 Å². The summed E-state index contributed by atoms with van der Waals surface area (Å²) in [6.45, 7) is 0. The van der Waals surface area contributed by atoms with Crippen LogP contribution in [-0.2, 0) is 6.32 Å². The van der Waals surface area contributed by atoms with Crippen LogP contribution in [0.15, 0.2) is 54.0 Å². The fourth-order valence-corrected chi connectivity index (χ4v) is 1.79. The van der Waals surface area contributed by atoms with Crippen molar-refractivity contribution in [2.45, 2.75) is 19.2 Å². The van der Waals surface area contributed by atoms with Gasteiger partial charge in [0.05, 0.1) is 0 Å². The maximum absolute atomic E-state index is 2.36.